The maximum Gasteiger partial charge on any atom is 0.417 e. The first-order chi connectivity index (χ1) is 10.9. The predicted molar refractivity (Wildman–Crippen MR) is 82.8 cm³/mol. The molecular formula is C16H16FN4O2+. The van der Waals surface area contributed by atoms with Crippen molar-refractivity contribution in [1.29, 1.82) is 0 Å². The smallest absolute Gasteiger partial charge is 0.273 e. The van der Waals surface area contributed by atoms with Crippen LogP contribution in [0.2, 0.25) is 0 Å². The Kier molecular flexibility index (Phi) is 3.55. The Morgan fingerprint density at radius 3 is 2.65 bits per heavy atom. The molecule has 1 aromatic carbocycles. The monoisotopic (exact) mass is 315 g/mol. The lowest BCUT2D eigenvalue weighted by molar-refractivity contribution is -0.382. The molecule has 23 heavy (non-hydrogen) atoms. The van der Waals surface area contributed by atoms with Crippen LogP contribution in [0.3, 0.4) is 0 Å². The third kappa shape index (κ3) is 2.44. The zero-order valence-corrected chi connectivity index (χ0v) is 13.0. The van der Waals surface area contributed by atoms with Gasteiger partial charge in [-0.1, -0.05) is 6.07 Å². The van der Waals surface area contributed by atoms with Crippen molar-refractivity contribution >= 4 is 29.2 Å². The van der Waals surface area contributed by atoms with Crippen molar-refractivity contribution in [2.45, 2.75) is 6.92 Å². The molecule has 118 valence electrons. The third-order valence-electron chi connectivity index (χ3n) is 3.98. The summed E-state index contributed by atoms with van der Waals surface area (Å²) in [5.74, 6) is -0.983. The van der Waals surface area contributed by atoms with Crippen molar-refractivity contribution in [2.24, 2.45) is 10.9 Å². The summed E-state index contributed by atoms with van der Waals surface area (Å²) in [6.07, 6.45) is 3.26. The second kappa shape index (κ2) is 5.42. The molecule has 0 saturated carbocycles. The maximum atomic E-state index is 13.7. The van der Waals surface area contributed by atoms with Gasteiger partial charge in [0.05, 0.1) is 24.6 Å². The zero-order chi connectivity index (χ0) is 16.7. The molecule has 0 aliphatic carbocycles. The van der Waals surface area contributed by atoms with Crippen LogP contribution in [-0.2, 0) is 4.79 Å². The Morgan fingerprint density at radius 1 is 1.22 bits per heavy atom. The molecule has 1 atom stereocenters. The first kappa shape index (κ1) is 15.1. The number of hydrogen-bond donors (Lipinski definition) is 1. The van der Waals surface area contributed by atoms with E-state index < -0.39 is 11.9 Å². The summed E-state index contributed by atoms with van der Waals surface area (Å²) in [5.41, 5.74) is 1.41. The highest BCUT2D eigenvalue weighted by molar-refractivity contribution is 6.30. The van der Waals surface area contributed by atoms with Gasteiger partial charge in [0.15, 0.2) is 5.92 Å². The summed E-state index contributed by atoms with van der Waals surface area (Å²) >= 11 is 0. The molecule has 0 radical (unpaired) electrons. The van der Waals surface area contributed by atoms with E-state index in [0.717, 1.165) is 4.90 Å². The number of aryl methyl sites for hydroxylation is 1. The first-order valence-corrected chi connectivity index (χ1v) is 7.10. The van der Waals surface area contributed by atoms with Gasteiger partial charge in [0.25, 0.3) is 11.7 Å². The highest BCUT2D eigenvalue weighted by Gasteiger charge is 2.49. The van der Waals surface area contributed by atoms with Gasteiger partial charge in [-0.3, -0.25) is 9.79 Å². The van der Waals surface area contributed by atoms with Gasteiger partial charge in [-0.05, 0) is 24.6 Å². The van der Waals surface area contributed by atoms with Crippen molar-refractivity contribution in [3.05, 3.63) is 41.9 Å². The van der Waals surface area contributed by atoms with Crippen LogP contribution in [0, 0.1) is 18.7 Å². The molecule has 1 saturated heterocycles. The van der Waals surface area contributed by atoms with Gasteiger partial charge in [0, 0.05) is 13.1 Å². The van der Waals surface area contributed by atoms with Gasteiger partial charge in [-0.25, -0.2) is 19.1 Å². The number of amidine groups is 1. The Hall–Kier alpha value is -2.83. The fraction of sp³-hybridized carbons (Fsp3) is 0.250. The molecule has 1 aromatic rings. The fourth-order valence-electron chi connectivity index (χ4n) is 2.58. The molecule has 7 heteroatoms. The number of carbonyl (C=O) groups excluding carboxylic acids is 2. The molecule has 0 spiro atoms. The summed E-state index contributed by atoms with van der Waals surface area (Å²) in [6, 6.07) is 4.23. The van der Waals surface area contributed by atoms with Gasteiger partial charge < -0.3 is 0 Å². The quantitative estimate of drug-likeness (QED) is 0.813. The normalized spacial score (nSPS) is 22.5. The predicted octanol–water partition coefficient (Wildman–Crippen LogP) is 0.353. The molecule has 3 rings (SSSR count). The number of amides is 3. The molecule has 2 aliphatic rings. The topological polar surface area (TPSA) is 67.0 Å². The average Bonchev–Trinajstić information content (AvgIpc) is 2.54. The number of aliphatic imine (C=N–C) groups is 1. The maximum absolute atomic E-state index is 13.7. The van der Waals surface area contributed by atoms with Crippen LogP contribution in [0.25, 0.3) is 0 Å². The number of urea groups is 1. The summed E-state index contributed by atoms with van der Waals surface area (Å²) in [4.78, 5) is 34.2. The van der Waals surface area contributed by atoms with Crippen LogP contribution < -0.4 is 4.99 Å². The fourth-order valence-corrected chi connectivity index (χ4v) is 2.58. The lowest BCUT2D eigenvalue weighted by atomic mass is 9.95. The van der Waals surface area contributed by atoms with Crippen molar-refractivity contribution in [3.8, 4) is 0 Å². The van der Waals surface area contributed by atoms with Crippen LogP contribution in [0.1, 0.15) is 5.56 Å². The van der Waals surface area contributed by atoms with Crippen LogP contribution in [0.15, 0.2) is 35.5 Å². The summed E-state index contributed by atoms with van der Waals surface area (Å²) < 4.78 is 13.7. The molecule has 1 fully saturated rings. The lowest BCUT2D eigenvalue weighted by Gasteiger charge is -2.31. The van der Waals surface area contributed by atoms with Crippen molar-refractivity contribution in [3.63, 3.8) is 0 Å². The number of hydrogen-bond acceptors (Lipinski definition) is 3. The number of nitrogens with one attached hydrogen (secondary N) is 1. The number of imide groups is 1. The minimum Gasteiger partial charge on any atom is -0.273 e. The number of allylic oxidation sites excluding steroid dienone is 1. The van der Waals surface area contributed by atoms with E-state index in [9.17, 15) is 14.0 Å². The van der Waals surface area contributed by atoms with Gasteiger partial charge in [0.2, 0.25) is 0 Å². The van der Waals surface area contributed by atoms with E-state index in [4.69, 9.17) is 0 Å². The van der Waals surface area contributed by atoms with E-state index in [1.54, 1.807) is 38.4 Å². The Morgan fingerprint density at radius 2 is 1.96 bits per heavy atom. The van der Waals surface area contributed by atoms with E-state index in [1.165, 1.54) is 18.0 Å². The van der Waals surface area contributed by atoms with Gasteiger partial charge in [0.1, 0.15) is 5.82 Å². The van der Waals surface area contributed by atoms with E-state index in [2.05, 4.69) is 9.98 Å². The summed E-state index contributed by atoms with van der Waals surface area (Å²) in [5, 5.41) is 0. The van der Waals surface area contributed by atoms with Crippen molar-refractivity contribution in [2.75, 3.05) is 14.1 Å². The first-order valence-electron chi connectivity index (χ1n) is 7.10. The number of halogens is 1. The number of carbonyl (C=O) groups is 2. The van der Waals surface area contributed by atoms with Crippen molar-refractivity contribution < 1.29 is 19.0 Å². The van der Waals surface area contributed by atoms with Gasteiger partial charge in [-0.15, -0.1) is 0 Å². The number of benzene rings is 1. The van der Waals surface area contributed by atoms with Crippen LogP contribution in [0.5, 0.6) is 0 Å². The molecule has 0 bridgehead atoms. The van der Waals surface area contributed by atoms with Gasteiger partial charge in [-0.2, -0.15) is 4.90 Å². The highest BCUT2D eigenvalue weighted by atomic mass is 19.1. The standard InChI is InChI=1S/C16H15FN4O2/c1-9-4-5-10(8-11(9)17)19-12-6-7-18-14-13(12)15(22)21(3)16(23)20(14)2/h4-8,13H,1-3H3/p+1. The van der Waals surface area contributed by atoms with Gasteiger partial charge >= 0.3 is 6.03 Å². The molecule has 1 N–H and O–H groups in total. The van der Waals surface area contributed by atoms with Crippen LogP contribution >= 0.6 is 0 Å². The highest BCUT2D eigenvalue weighted by Crippen LogP contribution is 2.22. The van der Waals surface area contributed by atoms with Crippen LogP contribution in [0.4, 0.5) is 14.9 Å². The number of fused-ring (bicyclic) bond motifs is 1. The second-order valence-electron chi connectivity index (χ2n) is 5.50. The van der Waals surface area contributed by atoms with E-state index in [-0.39, 0.29) is 11.7 Å². The Bertz CT molecular complexity index is 797. The van der Waals surface area contributed by atoms with Crippen molar-refractivity contribution in [1.82, 2.24) is 9.80 Å². The van der Waals surface area contributed by atoms with E-state index in [1.807, 2.05) is 0 Å². The molecule has 2 aliphatic heterocycles. The Labute approximate surface area is 132 Å². The summed E-state index contributed by atoms with van der Waals surface area (Å²) in [7, 11) is 3.02. The minimum atomic E-state index is -0.711. The number of rotatable bonds is 1. The Balaban J connectivity index is 2.04. The third-order valence-corrected chi connectivity index (χ3v) is 3.98. The second-order valence-corrected chi connectivity index (χ2v) is 5.50. The SMILES string of the molecule is Cc1ccc(N=C2C=C[NH+]=C3C2C(=O)N(C)C(=O)N3C)cc1F. The summed E-state index contributed by atoms with van der Waals surface area (Å²) in [6.45, 7) is 1.67. The lowest BCUT2D eigenvalue weighted by Crippen LogP contribution is -2.79. The molecule has 2 heterocycles. The largest absolute Gasteiger partial charge is 0.417 e. The van der Waals surface area contributed by atoms with Crippen LogP contribution in [-0.4, -0.2) is 47.4 Å². The minimum absolute atomic E-state index is 0.353. The molecule has 0 aromatic heterocycles. The average molecular weight is 315 g/mol. The molecular weight excluding hydrogens is 299 g/mol. The molecule has 1 unspecified atom stereocenters. The van der Waals surface area contributed by atoms with E-state index in [0.29, 0.717) is 22.8 Å². The number of nitrogens with zero attached hydrogens (tertiary/aromatic N) is 3. The molecule has 6 nitrogen and oxygen atoms in total. The molecule has 3 amide bonds. The van der Waals surface area contributed by atoms with E-state index >= 15 is 0 Å². The zero-order valence-electron chi connectivity index (χ0n) is 13.0.